The number of anilines is 1. The first kappa shape index (κ1) is 19.9. The van der Waals surface area contributed by atoms with Crippen LogP contribution in [0.2, 0.25) is 0 Å². The van der Waals surface area contributed by atoms with Gasteiger partial charge in [-0.15, -0.1) is 0 Å². The van der Waals surface area contributed by atoms with E-state index in [9.17, 15) is 4.79 Å². The Hall–Kier alpha value is -3.36. The maximum atomic E-state index is 12.5. The molecule has 2 heterocycles. The van der Waals surface area contributed by atoms with E-state index in [0.717, 1.165) is 35.2 Å². The molecule has 1 aliphatic rings. The highest BCUT2D eigenvalue weighted by molar-refractivity contribution is 5.95. The maximum Gasteiger partial charge on any atom is 0.242 e. The molecule has 0 spiro atoms. The average Bonchev–Trinajstić information content (AvgIpc) is 2.78. The summed E-state index contributed by atoms with van der Waals surface area (Å²) in [4.78, 5) is 29.6. The van der Waals surface area contributed by atoms with Crippen LogP contribution in [0.1, 0.15) is 6.92 Å². The van der Waals surface area contributed by atoms with E-state index in [1.54, 1.807) is 11.1 Å². The van der Waals surface area contributed by atoms with Crippen molar-refractivity contribution in [1.29, 1.82) is 0 Å². The number of aliphatic imine (C=N–C) groups is 1. The highest BCUT2D eigenvalue weighted by Crippen LogP contribution is 2.33. The SMILES string of the molecule is C=Nc1cc(-c2ccc3ncc(N4CCN(CC)CC4=O)nc3c2)ccc1OCN. The van der Waals surface area contributed by atoms with Crippen molar-refractivity contribution in [2.24, 2.45) is 10.7 Å². The fraction of sp³-hybridized carbons (Fsp3) is 0.273. The number of rotatable bonds is 6. The Balaban J connectivity index is 1.67. The number of fused-ring (bicyclic) bond motifs is 1. The Morgan fingerprint density at radius 1 is 1.17 bits per heavy atom. The van der Waals surface area contributed by atoms with Gasteiger partial charge in [0.05, 0.1) is 23.8 Å². The van der Waals surface area contributed by atoms with Crippen LogP contribution >= 0.6 is 0 Å². The molecule has 0 saturated carbocycles. The van der Waals surface area contributed by atoms with Gasteiger partial charge in [-0.2, -0.15) is 0 Å². The van der Waals surface area contributed by atoms with Gasteiger partial charge in [0.25, 0.3) is 0 Å². The Morgan fingerprint density at radius 3 is 2.70 bits per heavy atom. The van der Waals surface area contributed by atoms with Crippen molar-refractivity contribution in [3.63, 3.8) is 0 Å². The molecule has 1 aliphatic heterocycles. The number of nitrogens with zero attached hydrogens (tertiary/aromatic N) is 5. The summed E-state index contributed by atoms with van der Waals surface area (Å²) in [6.45, 7) is 8.45. The molecule has 1 fully saturated rings. The van der Waals surface area contributed by atoms with Crippen molar-refractivity contribution in [2.75, 3.05) is 37.8 Å². The second-order valence-corrected chi connectivity index (χ2v) is 7.00. The number of hydrogen-bond donors (Lipinski definition) is 1. The summed E-state index contributed by atoms with van der Waals surface area (Å²) in [5.74, 6) is 1.22. The van der Waals surface area contributed by atoms with E-state index in [4.69, 9.17) is 15.5 Å². The molecule has 8 nitrogen and oxygen atoms in total. The van der Waals surface area contributed by atoms with Crippen LogP contribution in [-0.4, -0.2) is 60.4 Å². The monoisotopic (exact) mass is 404 g/mol. The molecule has 3 aromatic rings. The summed E-state index contributed by atoms with van der Waals surface area (Å²) >= 11 is 0. The van der Waals surface area contributed by atoms with Crippen LogP contribution in [0.25, 0.3) is 22.2 Å². The Kier molecular flexibility index (Phi) is 5.69. The molecule has 0 bridgehead atoms. The third kappa shape index (κ3) is 3.87. The number of carbonyl (C=O) groups is 1. The van der Waals surface area contributed by atoms with Crippen LogP contribution < -0.4 is 15.4 Å². The molecule has 4 rings (SSSR count). The van der Waals surface area contributed by atoms with Gasteiger partial charge in [0.15, 0.2) is 5.82 Å². The van der Waals surface area contributed by atoms with Crippen molar-refractivity contribution in [1.82, 2.24) is 14.9 Å². The first-order chi connectivity index (χ1) is 14.6. The Labute approximate surface area is 175 Å². The van der Waals surface area contributed by atoms with Crippen LogP contribution in [0.3, 0.4) is 0 Å². The molecule has 0 aliphatic carbocycles. The summed E-state index contributed by atoms with van der Waals surface area (Å²) in [7, 11) is 0. The average molecular weight is 404 g/mol. The molecule has 2 aromatic carbocycles. The van der Waals surface area contributed by atoms with E-state index in [1.807, 2.05) is 36.4 Å². The van der Waals surface area contributed by atoms with Crippen LogP contribution in [0.4, 0.5) is 11.5 Å². The number of aromatic nitrogens is 2. The van der Waals surface area contributed by atoms with Gasteiger partial charge >= 0.3 is 0 Å². The number of nitrogens with two attached hydrogens (primary N) is 1. The van der Waals surface area contributed by atoms with E-state index >= 15 is 0 Å². The lowest BCUT2D eigenvalue weighted by Gasteiger charge is -2.32. The zero-order chi connectivity index (χ0) is 21.1. The van der Waals surface area contributed by atoms with E-state index < -0.39 is 0 Å². The van der Waals surface area contributed by atoms with Crippen LogP contribution in [0.5, 0.6) is 5.75 Å². The molecule has 0 radical (unpaired) electrons. The second-order valence-electron chi connectivity index (χ2n) is 7.00. The molecule has 1 aromatic heterocycles. The van der Waals surface area contributed by atoms with Crippen molar-refractivity contribution in [3.05, 3.63) is 42.6 Å². The fourth-order valence-electron chi connectivity index (χ4n) is 3.58. The Morgan fingerprint density at radius 2 is 1.97 bits per heavy atom. The van der Waals surface area contributed by atoms with Crippen molar-refractivity contribution in [2.45, 2.75) is 6.92 Å². The number of benzene rings is 2. The maximum absolute atomic E-state index is 12.5. The summed E-state index contributed by atoms with van der Waals surface area (Å²) in [5.41, 5.74) is 9.49. The third-order valence-electron chi connectivity index (χ3n) is 5.25. The number of ether oxygens (including phenoxy) is 1. The van der Waals surface area contributed by atoms with Gasteiger partial charge in [-0.1, -0.05) is 19.1 Å². The van der Waals surface area contributed by atoms with E-state index in [2.05, 4.69) is 28.5 Å². The second kappa shape index (κ2) is 8.56. The number of piperazine rings is 1. The lowest BCUT2D eigenvalue weighted by atomic mass is 10.0. The Bertz CT molecular complexity index is 1100. The zero-order valence-corrected chi connectivity index (χ0v) is 16.9. The molecule has 0 atom stereocenters. The molecule has 154 valence electrons. The van der Waals surface area contributed by atoms with Crippen LogP contribution in [0.15, 0.2) is 47.6 Å². The van der Waals surface area contributed by atoms with Gasteiger partial charge < -0.3 is 4.74 Å². The van der Waals surface area contributed by atoms with Gasteiger partial charge in [-0.25, -0.2) is 4.98 Å². The first-order valence-electron chi connectivity index (χ1n) is 9.86. The molecular formula is C22H24N6O2. The highest BCUT2D eigenvalue weighted by Gasteiger charge is 2.25. The minimum atomic E-state index is 0.0464. The third-order valence-corrected chi connectivity index (χ3v) is 5.25. The number of likely N-dealkylation sites (N-methyl/N-ethyl adjacent to an activating group) is 1. The molecule has 0 unspecified atom stereocenters. The lowest BCUT2D eigenvalue weighted by molar-refractivity contribution is -0.121. The summed E-state index contributed by atoms with van der Waals surface area (Å²) in [5, 5.41) is 0. The van der Waals surface area contributed by atoms with Crippen LogP contribution in [0, 0.1) is 0 Å². The topological polar surface area (TPSA) is 96.9 Å². The predicted octanol–water partition coefficient (Wildman–Crippen LogP) is 2.59. The predicted molar refractivity (Wildman–Crippen MR) is 118 cm³/mol. The van der Waals surface area contributed by atoms with Gasteiger partial charge in [-0.3, -0.25) is 30.3 Å². The first-order valence-corrected chi connectivity index (χ1v) is 9.86. The molecule has 8 heteroatoms. The minimum Gasteiger partial charge on any atom is -0.476 e. The molecule has 2 N–H and O–H groups in total. The van der Waals surface area contributed by atoms with E-state index in [-0.39, 0.29) is 12.6 Å². The lowest BCUT2D eigenvalue weighted by Crippen LogP contribution is -2.50. The van der Waals surface area contributed by atoms with Gasteiger partial charge in [-0.05, 0) is 48.7 Å². The minimum absolute atomic E-state index is 0.0464. The summed E-state index contributed by atoms with van der Waals surface area (Å²) in [6.07, 6.45) is 1.67. The standard InChI is InChI=1S/C22H24N6O2/c1-3-27-8-9-28(22(29)13-27)21-12-25-17-6-4-15(10-18(17)26-21)16-5-7-20(30-14-23)19(11-16)24-2/h4-7,10-12H,2-3,8-9,13-14,23H2,1H3. The molecule has 1 saturated heterocycles. The zero-order valence-electron chi connectivity index (χ0n) is 16.9. The van der Waals surface area contributed by atoms with Crippen molar-refractivity contribution >= 4 is 35.2 Å². The van der Waals surface area contributed by atoms with Crippen molar-refractivity contribution < 1.29 is 9.53 Å². The number of carbonyl (C=O) groups excluding carboxylic acids is 1. The summed E-state index contributed by atoms with van der Waals surface area (Å²) < 4.78 is 5.38. The molecular weight excluding hydrogens is 380 g/mol. The smallest absolute Gasteiger partial charge is 0.242 e. The fourth-order valence-corrected chi connectivity index (χ4v) is 3.58. The van der Waals surface area contributed by atoms with Crippen LogP contribution in [-0.2, 0) is 4.79 Å². The number of amides is 1. The van der Waals surface area contributed by atoms with Gasteiger partial charge in [0.2, 0.25) is 5.91 Å². The quantitative estimate of drug-likeness (QED) is 0.501. The van der Waals surface area contributed by atoms with E-state index in [1.165, 1.54) is 0 Å². The highest BCUT2D eigenvalue weighted by atomic mass is 16.5. The molecule has 30 heavy (non-hydrogen) atoms. The number of hydrogen-bond acceptors (Lipinski definition) is 7. The normalized spacial score (nSPS) is 14.9. The van der Waals surface area contributed by atoms with E-state index in [0.29, 0.717) is 30.3 Å². The molecule has 1 amide bonds. The van der Waals surface area contributed by atoms with Gasteiger partial charge in [0, 0.05) is 13.1 Å². The summed E-state index contributed by atoms with van der Waals surface area (Å²) in [6, 6.07) is 11.5. The van der Waals surface area contributed by atoms with Gasteiger partial charge in [0.1, 0.15) is 18.2 Å². The van der Waals surface area contributed by atoms with Crippen molar-refractivity contribution in [3.8, 4) is 16.9 Å². The largest absolute Gasteiger partial charge is 0.476 e.